The zero-order valence-corrected chi connectivity index (χ0v) is 17.5. The molecule has 0 unspecified atom stereocenters. The average molecular weight is 425 g/mol. The van der Waals surface area contributed by atoms with Crippen LogP contribution in [-0.4, -0.2) is 38.7 Å². The minimum absolute atomic E-state index is 0.00668. The third kappa shape index (κ3) is 5.10. The zero-order valence-electron chi connectivity index (χ0n) is 17.5. The van der Waals surface area contributed by atoms with Crippen LogP contribution in [-0.2, 0) is 34.0 Å². The van der Waals surface area contributed by atoms with Crippen LogP contribution in [0.25, 0.3) is 0 Å². The number of aromatic hydroxyl groups is 1. The molecular weight excluding hydrogens is 402 g/mol. The van der Waals surface area contributed by atoms with Crippen LogP contribution in [0, 0.1) is 11.3 Å². The molecule has 31 heavy (non-hydrogen) atoms. The van der Waals surface area contributed by atoms with Gasteiger partial charge in [-0.3, -0.25) is 9.59 Å². The fourth-order valence-electron chi connectivity index (χ4n) is 3.22. The van der Waals surface area contributed by atoms with Crippen molar-refractivity contribution in [1.82, 2.24) is 9.47 Å². The number of carbonyl (C=O) groups excluding carboxylic acids is 2. The summed E-state index contributed by atoms with van der Waals surface area (Å²) in [7, 11) is 0. The Morgan fingerprint density at radius 1 is 1.26 bits per heavy atom. The van der Waals surface area contributed by atoms with Crippen molar-refractivity contribution in [3.63, 3.8) is 0 Å². The van der Waals surface area contributed by atoms with Gasteiger partial charge >= 0.3 is 12.0 Å². The van der Waals surface area contributed by atoms with E-state index in [1.165, 1.54) is 4.90 Å². The summed E-state index contributed by atoms with van der Waals surface area (Å²) in [6, 6.07) is 8.78. The number of amides is 1. The molecule has 1 amide bonds. The van der Waals surface area contributed by atoms with E-state index >= 15 is 0 Å². The van der Waals surface area contributed by atoms with Crippen LogP contribution in [0.5, 0.6) is 5.75 Å². The molecule has 9 nitrogen and oxygen atoms in total. The van der Waals surface area contributed by atoms with Gasteiger partial charge in [-0.2, -0.15) is 5.26 Å². The number of hydrogen-bond donors (Lipinski definition) is 1. The zero-order chi connectivity index (χ0) is 22.8. The molecule has 2 heterocycles. The molecule has 2 aromatic rings. The lowest BCUT2D eigenvalue weighted by atomic mass is 10.1. The standard InChI is InChI=1S/C22H23N3O6/c1-22(2,3)31-20(28)11-24(10-15-6-4-14(9-23)5-7-15)21(29)25-17-13-30-12-16(17)18(26)8-19(25)27/h4-8,26H,10-13H2,1-3H3. The third-order valence-electron chi connectivity index (χ3n) is 4.55. The molecule has 1 N–H and O–H groups in total. The summed E-state index contributed by atoms with van der Waals surface area (Å²) >= 11 is 0. The number of pyridine rings is 1. The number of benzene rings is 1. The number of hydrogen-bond acceptors (Lipinski definition) is 7. The molecule has 1 aliphatic rings. The molecule has 1 aromatic carbocycles. The Kier molecular flexibility index (Phi) is 6.13. The predicted molar refractivity (Wildman–Crippen MR) is 109 cm³/mol. The van der Waals surface area contributed by atoms with Crippen molar-refractivity contribution in [1.29, 1.82) is 5.26 Å². The summed E-state index contributed by atoms with van der Waals surface area (Å²) in [4.78, 5) is 39.5. The summed E-state index contributed by atoms with van der Waals surface area (Å²) in [5, 5.41) is 19.0. The van der Waals surface area contributed by atoms with Crippen molar-refractivity contribution >= 4 is 12.0 Å². The molecule has 162 valence electrons. The molecular formula is C22H23N3O6. The number of nitriles is 1. The molecule has 0 atom stereocenters. The number of ether oxygens (including phenoxy) is 2. The van der Waals surface area contributed by atoms with Crippen molar-refractivity contribution in [3.05, 3.63) is 63.1 Å². The number of rotatable bonds is 4. The highest BCUT2D eigenvalue weighted by atomic mass is 16.6. The fourth-order valence-corrected chi connectivity index (χ4v) is 3.22. The lowest BCUT2D eigenvalue weighted by Crippen LogP contribution is -2.44. The highest BCUT2D eigenvalue weighted by Gasteiger charge is 2.29. The second-order valence-corrected chi connectivity index (χ2v) is 8.16. The van der Waals surface area contributed by atoms with Gasteiger partial charge in [0.2, 0.25) is 0 Å². The van der Waals surface area contributed by atoms with E-state index in [1.54, 1.807) is 45.0 Å². The highest BCUT2D eigenvalue weighted by molar-refractivity contribution is 5.83. The highest BCUT2D eigenvalue weighted by Crippen LogP contribution is 2.26. The first-order valence-electron chi connectivity index (χ1n) is 9.63. The molecule has 0 radical (unpaired) electrons. The van der Waals surface area contributed by atoms with Crippen molar-refractivity contribution < 1.29 is 24.2 Å². The second kappa shape index (κ2) is 8.62. The summed E-state index contributed by atoms with van der Waals surface area (Å²) in [6.07, 6.45) is 0. The first-order chi connectivity index (χ1) is 14.6. The minimum Gasteiger partial charge on any atom is -0.507 e. The molecule has 0 aliphatic carbocycles. The summed E-state index contributed by atoms with van der Waals surface area (Å²) in [5.74, 6) is -0.860. The van der Waals surface area contributed by atoms with E-state index in [0.717, 1.165) is 10.6 Å². The van der Waals surface area contributed by atoms with Crippen LogP contribution >= 0.6 is 0 Å². The Balaban J connectivity index is 1.96. The maximum atomic E-state index is 13.4. The monoisotopic (exact) mass is 425 g/mol. The Hall–Kier alpha value is -3.64. The molecule has 1 aliphatic heterocycles. The Morgan fingerprint density at radius 3 is 2.55 bits per heavy atom. The average Bonchev–Trinajstić information content (AvgIpc) is 3.16. The minimum atomic E-state index is -0.745. The lowest BCUT2D eigenvalue weighted by molar-refractivity contribution is -0.155. The van der Waals surface area contributed by atoms with Gasteiger partial charge in [0.15, 0.2) is 0 Å². The quantitative estimate of drug-likeness (QED) is 0.746. The van der Waals surface area contributed by atoms with Gasteiger partial charge in [0.05, 0.1) is 30.5 Å². The van der Waals surface area contributed by atoms with Crippen molar-refractivity contribution in [2.24, 2.45) is 0 Å². The van der Waals surface area contributed by atoms with E-state index in [0.29, 0.717) is 16.7 Å². The van der Waals surface area contributed by atoms with Crippen LogP contribution in [0.3, 0.4) is 0 Å². The van der Waals surface area contributed by atoms with Gasteiger partial charge in [-0.05, 0) is 38.5 Å². The Labute approximate surface area is 179 Å². The number of carbonyl (C=O) groups is 2. The van der Waals surface area contributed by atoms with E-state index < -0.39 is 23.2 Å². The maximum Gasteiger partial charge on any atom is 0.332 e. The SMILES string of the molecule is CC(C)(C)OC(=O)CN(Cc1ccc(C#N)cc1)C(=O)n1c2c(c(O)cc1=O)COC2. The van der Waals surface area contributed by atoms with Crippen LogP contribution in [0.2, 0.25) is 0 Å². The lowest BCUT2D eigenvalue weighted by Gasteiger charge is -2.26. The van der Waals surface area contributed by atoms with Gasteiger partial charge in [-0.25, -0.2) is 9.36 Å². The normalized spacial score (nSPS) is 12.7. The number of esters is 1. The van der Waals surface area contributed by atoms with Gasteiger partial charge in [-0.15, -0.1) is 0 Å². The Bertz CT molecular complexity index is 1110. The molecule has 1 aromatic heterocycles. The predicted octanol–water partition coefficient (Wildman–Crippen LogP) is 2.27. The molecule has 0 saturated carbocycles. The molecule has 0 saturated heterocycles. The largest absolute Gasteiger partial charge is 0.507 e. The molecule has 9 heteroatoms. The Morgan fingerprint density at radius 2 is 1.94 bits per heavy atom. The summed E-state index contributed by atoms with van der Waals surface area (Å²) < 4.78 is 11.6. The summed E-state index contributed by atoms with van der Waals surface area (Å²) in [5.41, 5.74) is 0.271. The molecule has 0 bridgehead atoms. The van der Waals surface area contributed by atoms with Crippen LogP contribution in [0.15, 0.2) is 35.1 Å². The van der Waals surface area contributed by atoms with E-state index in [-0.39, 0.29) is 37.7 Å². The van der Waals surface area contributed by atoms with Gasteiger partial charge in [0.1, 0.15) is 17.9 Å². The third-order valence-corrected chi connectivity index (χ3v) is 4.55. The van der Waals surface area contributed by atoms with E-state index in [1.807, 2.05) is 6.07 Å². The smallest absolute Gasteiger partial charge is 0.332 e. The van der Waals surface area contributed by atoms with Crippen molar-refractivity contribution in [3.8, 4) is 11.8 Å². The van der Waals surface area contributed by atoms with E-state index in [2.05, 4.69) is 0 Å². The number of nitrogens with zero attached hydrogens (tertiary/aromatic N) is 3. The van der Waals surface area contributed by atoms with Crippen molar-refractivity contribution in [2.45, 2.75) is 46.1 Å². The molecule has 0 spiro atoms. The van der Waals surface area contributed by atoms with E-state index in [4.69, 9.17) is 14.7 Å². The second-order valence-electron chi connectivity index (χ2n) is 8.16. The maximum absolute atomic E-state index is 13.4. The molecule has 0 fully saturated rings. The number of aromatic nitrogens is 1. The van der Waals surface area contributed by atoms with Gasteiger partial charge in [0.25, 0.3) is 5.56 Å². The number of fused-ring (bicyclic) bond motifs is 1. The molecule has 3 rings (SSSR count). The fraction of sp³-hybridized carbons (Fsp3) is 0.364. The first-order valence-corrected chi connectivity index (χ1v) is 9.63. The van der Waals surface area contributed by atoms with Gasteiger partial charge < -0.3 is 19.5 Å². The van der Waals surface area contributed by atoms with E-state index in [9.17, 15) is 19.5 Å². The van der Waals surface area contributed by atoms with Gasteiger partial charge in [-0.1, -0.05) is 12.1 Å². The van der Waals surface area contributed by atoms with Crippen LogP contribution in [0.4, 0.5) is 4.79 Å². The topological polar surface area (TPSA) is 122 Å². The summed E-state index contributed by atoms with van der Waals surface area (Å²) in [6.45, 7) is 4.83. The first kappa shape index (κ1) is 22.1. The van der Waals surface area contributed by atoms with Crippen molar-refractivity contribution in [2.75, 3.05) is 6.54 Å². The van der Waals surface area contributed by atoms with Gasteiger partial charge in [0, 0.05) is 18.2 Å². The van der Waals surface area contributed by atoms with Crippen LogP contribution < -0.4 is 5.56 Å². The van der Waals surface area contributed by atoms with Crippen LogP contribution in [0.1, 0.15) is 43.2 Å².